The molecule has 1 aliphatic rings. The minimum Gasteiger partial charge on any atom is -0.444 e. The van der Waals surface area contributed by atoms with Crippen molar-refractivity contribution < 1.29 is 22.1 Å². The van der Waals surface area contributed by atoms with Crippen molar-refractivity contribution in [3.63, 3.8) is 0 Å². The standard InChI is InChI=1S/C18H27NO5S/c1-13-6-8-15(9-7-13)25(21,22)24-16-10-11-19(12-14(16)2)17(20)23-18(3,4)5/h6-9,14,16H,10-12H2,1-5H3/t14-,16-/m1/s1. The van der Waals surface area contributed by atoms with E-state index in [-0.39, 0.29) is 16.9 Å². The van der Waals surface area contributed by atoms with Crippen molar-refractivity contribution in [1.29, 1.82) is 0 Å². The van der Waals surface area contributed by atoms with Crippen LogP contribution in [0.4, 0.5) is 4.79 Å². The van der Waals surface area contributed by atoms with Gasteiger partial charge in [-0.2, -0.15) is 8.42 Å². The molecule has 1 aromatic rings. The lowest BCUT2D eigenvalue weighted by molar-refractivity contribution is 0.00158. The van der Waals surface area contributed by atoms with Gasteiger partial charge in [-0.25, -0.2) is 4.79 Å². The Morgan fingerprint density at radius 3 is 2.32 bits per heavy atom. The predicted molar refractivity (Wildman–Crippen MR) is 94.8 cm³/mol. The largest absolute Gasteiger partial charge is 0.444 e. The molecule has 7 heteroatoms. The fourth-order valence-electron chi connectivity index (χ4n) is 2.68. The summed E-state index contributed by atoms with van der Waals surface area (Å²) in [7, 11) is -3.81. The number of aryl methyl sites for hydroxylation is 1. The molecule has 25 heavy (non-hydrogen) atoms. The van der Waals surface area contributed by atoms with E-state index >= 15 is 0 Å². The molecule has 0 unspecified atom stereocenters. The molecule has 1 amide bonds. The van der Waals surface area contributed by atoms with E-state index in [0.717, 1.165) is 5.56 Å². The second-order valence-corrected chi connectivity index (χ2v) is 9.17. The third kappa shape index (κ3) is 5.44. The summed E-state index contributed by atoms with van der Waals surface area (Å²) in [4.78, 5) is 13.9. The molecular weight excluding hydrogens is 342 g/mol. The smallest absolute Gasteiger partial charge is 0.410 e. The lowest BCUT2D eigenvalue weighted by Crippen LogP contribution is -2.48. The maximum absolute atomic E-state index is 12.4. The van der Waals surface area contributed by atoms with E-state index in [1.165, 1.54) is 0 Å². The van der Waals surface area contributed by atoms with E-state index in [2.05, 4.69) is 0 Å². The van der Waals surface area contributed by atoms with Crippen molar-refractivity contribution >= 4 is 16.2 Å². The Kier molecular flexibility index (Phi) is 5.79. The van der Waals surface area contributed by atoms with Crippen LogP contribution in [0.25, 0.3) is 0 Å². The van der Waals surface area contributed by atoms with Crippen LogP contribution >= 0.6 is 0 Å². The number of amides is 1. The number of benzene rings is 1. The summed E-state index contributed by atoms with van der Waals surface area (Å²) >= 11 is 0. The highest BCUT2D eigenvalue weighted by Gasteiger charge is 2.34. The number of nitrogens with zero attached hydrogens (tertiary/aromatic N) is 1. The molecule has 1 aromatic carbocycles. The Morgan fingerprint density at radius 2 is 1.80 bits per heavy atom. The van der Waals surface area contributed by atoms with E-state index in [0.29, 0.717) is 19.5 Å². The number of piperidine rings is 1. The molecule has 0 radical (unpaired) electrons. The van der Waals surface area contributed by atoms with E-state index in [1.54, 1.807) is 29.2 Å². The van der Waals surface area contributed by atoms with Crippen LogP contribution < -0.4 is 0 Å². The third-order valence-electron chi connectivity index (χ3n) is 4.04. The summed E-state index contributed by atoms with van der Waals surface area (Å²) in [6, 6.07) is 6.58. The summed E-state index contributed by atoms with van der Waals surface area (Å²) in [5.74, 6) is -0.110. The molecule has 0 saturated carbocycles. The fourth-order valence-corrected chi connectivity index (χ4v) is 3.87. The number of hydrogen-bond acceptors (Lipinski definition) is 5. The van der Waals surface area contributed by atoms with Gasteiger partial charge in [0, 0.05) is 19.0 Å². The SMILES string of the molecule is Cc1ccc(S(=O)(=O)O[C@@H]2CCN(C(=O)OC(C)(C)C)C[C@H]2C)cc1. The van der Waals surface area contributed by atoms with E-state index < -0.39 is 21.8 Å². The molecule has 6 nitrogen and oxygen atoms in total. The molecular formula is C18H27NO5S. The molecule has 0 aliphatic carbocycles. The van der Waals surface area contributed by atoms with Crippen LogP contribution in [0, 0.1) is 12.8 Å². The van der Waals surface area contributed by atoms with Crippen molar-refractivity contribution in [2.45, 2.75) is 57.6 Å². The summed E-state index contributed by atoms with van der Waals surface area (Å²) in [5, 5.41) is 0. The molecule has 0 aromatic heterocycles. The summed E-state index contributed by atoms with van der Waals surface area (Å²) in [6.07, 6.45) is -0.380. The molecule has 0 bridgehead atoms. The van der Waals surface area contributed by atoms with Gasteiger partial charge in [0.15, 0.2) is 0 Å². The van der Waals surface area contributed by atoms with Gasteiger partial charge in [0.05, 0.1) is 11.0 Å². The normalized spacial score (nSPS) is 21.9. The van der Waals surface area contributed by atoms with Crippen molar-refractivity contribution in [2.75, 3.05) is 13.1 Å². The van der Waals surface area contributed by atoms with Gasteiger partial charge in [-0.3, -0.25) is 4.18 Å². The summed E-state index contributed by atoms with van der Waals surface area (Å²) in [5.41, 5.74) is 0.431. The molecule has 2 rings (SSSR count). The summed E-state index contributed by atoms with van der Waals surface area (Å²) < 4.78 is 35.7. The highest BCUT2D eigenvalue weighted by molar-refractivity contribution is 7.86. The minimum absolute atomic E-state index is 0.110. The first-order chi connectivity index (χ1) is 11.5. The van der Waals surface area contributed by atoms with E-state index in [1.807, 2.05) is 34.6 Å². The topological polar surface area (TPSA) is 72.9 Å². The number of carbonyl (C=O) groups is 1. The lowest BCUT2D eigenvalue weighted by atomic mass is 9.97. The van der Waals surface area contributed by atoms with Gasteiger partial charge in [0.1, 0.15) is 5.60 Å². The number of carbonyl (C=O) groups excluding carboxylic acids is 1. The Morgan fingerprint density at radius 1 is 1.20 bits per heavy atom. The molecule has 140 valence electrons. The molecule has 1 fully saturated rings. The zero-order chi connectivity index (χ0) is 18.8. The molecule has 1 heterocycles. The third-order valence-corrected chi connectivity index (χ3v) is 5.39. The fraction of sp³-hybridized carbons (Fsp3) is 0.611. The van der Waals surface area contributed by atoms with E-state index in [4.69, 9.17) is 8.92 Å². The number of hydrogen-bond donors (Lipinski definition) is 0. The maximum Gasteiger partial charge on any atom is 0.410 e. The van der Waals surface area contributed by atoms with Gasteiger partial charge in [0.2, 0.25) is 0 Å². The number of ether oxygens (including phenoxy) is 1. The highest BCUT2D eigenvalue weighted by atomic mass is 32.2. The quantitative estimate of drug-likeness (QED) is 0.764. The van der Waals surface area contributed by atoms with Gasteiger partial charge >= 0.3 is 6.09 Å². The average molecular weight is 369 g/mol. The van der Waals surface area contributed by atoms with Crippen LogP contribution in [0.5, 0.6) is 0 Å². The maximum atomic E-state index is 12.4. The molecule has 2 atom stereocenters. The molecule has 1 saturated heterocycles. The Labute approximate surface area is 150 Å². The molecule has 0 N–H and O–H groups in total. The van der Waals surface area contributed by atoms with Crippen LogP contribution in [-0.2, 0) is 19.0 Å². The zero-order valence-corrected chi connectivity index (χ0v) is 16.3. The van der Waals surface area contributed by atoms with Crippen molar-refractivity contribution in [2.24, 2.45) is 5.92 Å². The van der Waals surface area contributed by atoms with Gasteiger partial charge in [0.25, 0.3) is 10.1 Å². The van der Waals surface area contributed by atoms with Crippen LogP contribution in [0.3, 0.4) is 0 Å². The Hall–Kier alpha value is -1.60. The van der Waals surface area contributed by atoms with Gasteiger partial charge < -0.3 is 9.64 Å². The van der Waals surface area contributed by atoms with Gasteiger partial charge in [-0.15, -0.1) is 0 Å². The van der Waals surface area contributed by atoms with Crippen molar-refractivity contribution in [3.8, 4) is 0 Å². The first-order valence-corrected chi connectivity index (χ1v) is 9.87. The van der Waals surface area contributed by atoms with Crippen molar-refractivity contribution in [3.05, 3.63) is 29.8 Å². The number of likely N-dealkylation sites (tertiary alicyclic amines) is 1. The molecule has 0 spiro atoms. The molecule has 1 aliphatic heterocycles. The highest BCUT2D eigenvalue weighted by Crippen LogP contribution is 2.25. The minimum atomic E-state index is -3.81. The average Bonchev–Trinajstić information content (AvgIpc) is 2.48. The second kappa shape index (κ2) is 7.33. The first kappa shape index (κ1) is 19.7. The predicted octanol–water partition coefficient (Wildman–Crippen LogP) is 3.35. The number of rotatable bonds is 3. The monoisotopic (exact) mass is 369 g/mol. The van der Waals surface area contributed by atoms with Gasteiger partial charge in [-0.1, -0.05) is 24.6 Å². The Bertz CT molecular complexity index is 706. The summed E-state index contributed by atoms with van der Waals surface area (Å²) in [6.45, 7) is 10.0. The first-order valence-electron chi connectivity index (χ1n) is 8.46. The van der Waals surface area contributed by atoms with Crippen LogP contribution in [0.2, 0.25) is 0 Å². The van der Waals surface area contributed by atoms with Crippen LogP contribution in [0.1, 0.15) is 39.7 Å². The zero-order valence-electron chi connectivity index (χ0n) is 15.5. The van der Waals surface area contributed by atoms with E-state index in [9.17, 15) is 13.2 Å². The van der Waals surface area contributed by atoms with Crippen LogP contribution in [-0.4, -0.2) is 44.2 Å². The van der Waals surface area contributed by atoms with Crippen LogP contribution in [0.15, 0.2) is 29.2 Å². The van der Waals surface area contributed by atoms with Gasteiger partial charge in [-0.05, 0) is 46.2 Å². The second-order valence-electron chi connectivity index (χ2n) is 7.59. The Balaban J connectivity index is 1.99. The van der Waals surface area contributed by atoms with Crippen molar-refractivity contribution in [1.82, 2.24) is 4.90 Å². The lowest BCUT2D eigenvalue weighted by Gasteiger charge is -2.36.